The monoisotopic (exact) mass is 456 g/mol. The lowest BCUT2D eigenvalue weighted by atomic mass is 10.3. The highest BCUT2D eigenvalue weighted by Gasteiger charge is 2.21. The van der Waals surface area contributed by atoms with Crippen molar-refractivity contribution in [1.29, 1.82) is 0 Å². The number of nitrogen functional groups attached to an aromatic ring is 1. The van der Waals surface area contributed by atoms with E-state index in [1.54, 1.807) is 6.07 Å². The number of hydrogen-bond donors (Lipinski definition) is 2. The molecule has 0 heterocycles. The molecular weight excluding hydrogens is 450 g/mol. The lowest BCUT2D eigenvalue weighted by Gasteiger charge is -2.13. The Hall–Kier alpha value is -0.830. The van der Waals surface area contributed by atoms with Crippen LogP contribution in [0.3, 0.4) is 0 Å². The van der Waals surface area contributed by atoms with Crippen LogP contribution in [0.25, 0.3) is 0 Å². The zero-order chi connectivity index (χ0) is 15.8. The maximum atomic E-state index is 13.2. The smallest absolute Gasteiger partial charge is 0.263 e. The number of benzene rings is 2. The second-order valence-corrected chi connectivity index (χ2v) is 7.86. The molecule has 0 aromatic heterocycles. The van der Waals surface area contributed by atoms with Crippen LogP contribution in [0.15, 0.2) is 44.2 Å². The standard InChI is InChI=1S/C12H8Br2ClFN2O2S/c13-6-3-8(14)12(10(17)4-6)18-21(19,20)11-5-7(16)1-2-9(11)15/h1-5,18H,17H2. The summed E-state index contributed by atoms with van der Waals surface area (Å²) in [4.78, 5) is -0.363. The largest absolute Gasteiger partial charge is 0.397 e. The van der Waals surface area contributed by atoms with Crippen molar-refractivity contribution in [2.24, 2.45) is 0 Å². The highest BCUT2D eigenvalue weighted by atomic mass is 79.9. The Morgan fingerprint density at radius 3 is 2.48 bits per heavy atom. The lowest BCUT2D eigenvalue weighted by molar-refractivity contribution is 0.595. The van der Waals surface area contributed by atoms with E-state index in [-0.39, 0.29) is 21.3 Å². The molecule has 0 atom stereocenters. The van der Waals surface area contributed by atoms with Crippen LogP contribution >= 0.6 is 43.5 Å². The third-order valence-corrected chi connectivity index (χ3v) is 5.42. The molecule has 0 aliphatic heterocycles. The fourth-order valence-corrected chi connectivity index (χ4v) is 4.68. The Bertz CT molecular complexity index is 792. The summed E-state index contributed by atoms with van der Waals surface area (Å²) in [5.74, 6) is -0.706. The van der Waals surface area contributed by atoms with E-state index < -0.39 is 15.8 Å². The van der Waals surface area contributed by atoms with Crippen molar-refractivity contribution in [3.05, 3.63) is 50.1 Å². The maximum absolute atomic E-state index is 13.2. The molecule has 4 nitrogen and oxygen atoms in total. The summed E-state index contributed by atoms with van der Waals surface area (Å²) in [7, 11) is -4.07. The van der Waals surface area contributed by atoms with Gasteiger partial charge in [0.25, 0.3) is 10.0 Å². The SMILES string of the molecule is Nc1cc(Br)cc(Br)c1NS(=O)(=O)c1cc(F)ccc1Cl. The summed E-state index contributed by atoms with van der Waals surface area (Å²) in [6, 6.07) is 6.25. The molecule has 9 heteroatoms. The molecule has 0 unspecified atom stereocenters. The number of nitrogens with two attached hydrogens (primary N) is 1. The Labute approximate surface area is 142 Å². The fraction of sp³-hybridized carbons (Fsp3) is 0. The second-order valence-electron chi connectivity index (χ2n) is 4.03. The number of sulfonamides is 1. The normalized spacial score (nSPS) is 11.4. The molecule has 2 aromatic rings. The van der Waals surface area contributed by atoms with E-state index in [1.165, 1.54) is 12.1 Å². The molecule has 0 spiro atoms. The summed E-state index contributed by atoms with van der Waals surface area (Å²) < 4.78 is 41.3. The quantitative estimate of drug-likeness (QED) is 0.671. The molecule has 0 fully saturated rings. The van der Waals surface area contributed by atoms with Crippen LogP contribution < -0.4 is 10.5 Å². The van der Waals surface area contributed by atoms with Crippen LogP contribution in [0.5, 0.6) is 0 Å². The molecule has 0 amide bonds. The third kappa shape index (κ3) is 3.68. The van der Waals surface area contributed by atoms with Crippen LogP contribution in [-0.2, 0) is 10.0 Å². The molecule has 21 heavy (non-hydrogen) atoms. The molecule has 0 radical (unpaired) electrons. The molecule has 0 saturated heterocycles. The fourth-order valence-electron chi connectivity index (χ4n) is 1.57. The molecular formula is C12H8Br2ClFN2O2S. The Kier molecular flexibility index (Phi) is 4.82. The molecule has 0 bridgehead atoms. The van der Waals surface area contributed by atoms with Gasteiger partial charge in [-0.1, -0.05) is 27.5 Å². The topological polar surface area (TPSA) is 72.2 Å². The molecule has 3 N–H and O–H groups in total. The van der Waals surface area contributed by atoms with Crippen LogP contribution in [0, 0.1) is 5.82 Å². The zero-order valence-corrected chi connectivity index (χ0v) is 14.9. The van der Waals surface area contributed by atoms with Crippen molar-refractivity contribution in [2.75, 3.05) is 10.5 Å². The minimum atomic E-state index is -4.07. The molecule has 0 aliphatic carbocycles. The van der Waals surface area contributed by atoms with Gasteiger partial charge in [0.2, 0.25) is 0 Å². The first-order valence-corrected chi connectivity index (χ1v) is 8.88. The molecule has 2 rings (SSSR count). The average Bonchev–Trinajstić information content (AvgIpc) is 2.36. The van der Waals surface area contributed by atoms with Crippen molar-refractivity contribution < 1.29 is 12.8 Å². The summed E-state index contributed by atoms with van der Waals surface area (Å²) >= 11 is 12.3. The molecule has 2 aromatic carbocycles. The summed E-state index contributed by atoms with van der Waals surface area (Å²) in [6.07, 6.45) is 0. The van der Waals surface area contributed by atoms with Crippen molar-refractivity contribution in [3.63, 3.8) is 0 Å². The van der Waals surface area contributed by atoms with E-state index >= 15 is 0 Å². The number of hydrogen-bond acceptors (Lipinski definition) is 3. The van der Waals surface area contributed by atoms with E-state index in [2.05, 4.69) is 36.6 Å². The summed E-state index contributed by atoms with van der Waals surface area (Å²) in [5, 5.41) is -0.0873. The number of anilines is 2. The van der Waals surface area contributed by atoms with Gasteiger partial charge >= 0.3 is 0 Å². The van der Waals surface area contributed by atoms with E-state index in [1.807, 2.05) is 0 Å². The highest BCUT2D eigenvalue weighted by molar-refractivity contribution is 9.11. The summed E-state index contributed by atoms with van der Waals surface area (Å²) in [5.41, 5.74) is 6.13. The Morgan fingerprint density at radius 1 is 1.19 bits per heavy atom. The Balaban J connectivity index is 2.50. The van der Waals surface area contributed by atoms with Crippen molar-refractivity contribution in [2.45, 2.75) is 4.90 Å². The van der Waals surface area contributed by atoms with Gasteiger partial charge in [0.1, 0.15) is 10.7 Å². The number of halogens is 4. The van der Waals surface area contributed by atoms with Crippen LogP contribution in [0.4, 0.5) is 15.8 Å². The predicted molar refractivity (Wildman–Crippen MR) is 88.5 cm³/mol. The first kappa shape index (κ1) is 16.5. The average molecular weight is 459 g/mol. The van der Waals surface area contributed by atoms with E-state index in [9.17, 15) is 12.8 Å². The third-order valence-electron chi connectivity index (χ3n) is 2.50. The van der Waals surface area contributed by atoms with E-state index in [4.69, 9.17) is 17.3 Å². The van der Waals surface area contributed by atoms with Gasteiger partial charge in [0.15, 0.2) is 0 Å². The van der Waals surface area contributed by atoms with Gasteiger partial charge in [-0.3, -0.25) is 4.72 Å². The molecule has 112 valence electrons. The first-order chi connectivity index (χ1) is 9.70. The van der Waals surface area contributed by atoms with Crippen LogP contribution in [0.2, 0.25) is 5.02 Å². The summed E-state index contributed by atoms with van der Waals surface area (Å²) in [6.45, 7) is 0. The van der Waals surface area contributed by atoms with Gasteiger partial charge in [-0.15, -0.1) is 0 Å². The van der Waals surface area contributed by atoms with Crippen molar-refractivity contribution in [1.82, 2.24) is 0 Å². The first-order valence-electron chi connectivity index (χ1n) is 5.43. The number of rotatable bonds is 3. The molecule has 0 saturated carbocycles. The molecule has 0 aliphatic rings. The highest BCUT2D eigenvalue weighted by Crippen LogP contribution is 2.35. The maximum Gasteiger partial charge on any atom is 0.263 e. The van der Waals surface area contributed by atoms with Gasteiger partial charge in [-0.05, 0) is 46.3 Å². The van der Waals surface area contributed by atoms with Crippen LogP contribution in [0.1, 0.15) is 0 Å². The van der Waals surface area contributed by atoms with E-state index in [0.717, 1.165) is 12.1 Å². The van der Waals surface area contributed by atoms with Crippen molar-refractivity contribution in [3.8, 4) is 0 Å². The minimum absolute atomic E-state index is 0.0873. The van der Waals surface area contributed by atoms with Gasteiger partial charge < -0.3 is 5.73 Å². The van der Waals surface area contributed by atoms with E-state index in [0.29, 0.717) is 8.95 Å². The Morgan fingerprint density at radius 2 is 1.86 bits per heavy atom. The van der Waals surface area contributed by atoms with Crippen molar-refractivity contribution >= 4 is 64.9 Å². The second kappa shape index (κ2) is 6.12. The number of nitrogens with one attached hydrogen (secondary N) is 1. The van der Waals surface area contributed by atoms with Gasteiger partial charge in [0.05, 0.1) is 16.4 Å². The predicted octanol–water partition coefficient (Wildman–Crippen LogP) is 4.39. The van der Waals surface area contributed by atoms with Gasteiger partial charge in [0, 0.05) is 8.95 Å². The lowest BCUT2D eigenvalue weighted by Crippen LogP contribution is -2.15. The van der Waals surface area contributed by atoms with Crippen LogP contribution in [-0.4, -0.2) is 8.42 Å². The minimum Gasteiger partial charge on any atom is -0.397 e. The van der Waals surface area contributed by atoms with Gasteiger partial charge in [-0.2, -0.15) is 0 Å². The zero-order valence-electron chi connectivity index (χ0n) is 10.2. The van der Waals surface area contributed by atoms with Gasteiger partial charge in [-0.25, -0.2) is 12.8 Å².